The third-order valence-electron chi connectivity index (χ3n) is 4.40. The van der Waals surface area contributed by atoms with Gasteiger partial charge < -0.3 is 10.2 Å². The number of urea groups is 1. The predicted octanol–water partition coefficient (Wildman–Crippen LogP) is 2.53. The number of carbonyl (C=O) groups excluding carboxylic acids is 1. The van der Waals surface area contributed by atoms with Crippen LogP contribution in [0.5, 0.6) is 0 Å². The number of nitrogens with one attached hydrogen (secondary N) is 2. The molecule has 0 bridgehead atoms. The van der Waals surface area contributed by atoms with Gasteiger partial charge >= 0.3 is 6.03 Å². The van der Waals surface area contributed by atoms with Crippen LogP contribution in [0.15, 0.2) is 18.5 Å². The van der Waals surface area contributed by atoms with Gasteiger partial charge in [-0.3, -0.25) is 5.10 Å². The molecular weight excluding hydrogens is 326 g/mol. The van der Waals surface area contributed by atoms with Crippen LogP contribution in [0.4, 0.5) is 10.5 Å². The van der Waals surface area contributed by atoms with E-state index in [1.165, 1.54) is 6.33 Å². The van der Waals surface area contributed by atoms with E-state index in [2.05, 4.69) is 29.2 Å². The minimum atomic E-state index is -0.109. The second kappa shape index (κ2) is 6.16. The van der Waals surface area contributed by atoms with Crippen LogP contribution >= 0.6 is 11.7 Å². The van der Waals surface area contributed by atoms with Gasteiger partial charge in [0.2, 0.25) is 0 Å². The Hall–Kier alpha value is -2.55. The molecule has 1 atom stereocenters. The Labute approximate surface area is 142 Å². The summed E-state index contributed by atoms with van der Waals surface area (Å²) in [5.41, 5.74) is 3.27. The minimum absolute atomic E-state index is 0.109. The number of benzene rings is 1. The van der Waals surface area contributed by atoms with Crippen molar-refractivity contribution in [1.82, 2.24) is 28.8 Å². The zero-order chi connectivity index (χ0) is 16.5. The summed E-state index contributed by atoms with van der Waals surface area (Å²) in [6, 6.07) is 3.76. The molecule has 0 radical (unpaired) electrons. The van der Waals surface area contributed by atoms with Gasteiger partial charge in [0.05, 0.1) is 17.4 Å². The highest BCUT2D eigenvalue weighted by atomic mass is 32.1. The third-order valence-corrected chi connectivity index (χ3v) is 4.94. The molecule has 3 aromatic rings. The fraction of sp³-hybridized carbons (Fsp3) is 0.400. The normalized spacial score (nSPS) is 18.0. The molecule has 1 aromatic carbocycles. The highest BCUT2D eigenvalue weighted by Crippen LogP contribution is 2.28. The van der Waals surface area contributed by atoms with E-state index in [0.29, 0.717) is 6.54 Å². The van der Waals surface area contributed by atoms with Crippen molar-refractivity contribution in [3.8, 4) is 0 Å². The fourth-order valence-electron chi connectivity index (χ4n) is 3.09. The van der Waals surface area contributed by atoms with Gasteiger partial charge in [-0.15, -0.1) is 0 Å². The van der Waals surface area contributed by atoms with E-state index in [9.17, 15) is 4.79 Å². The number of fused-ring (bicyclic) bond motifs is 1. The lowest BCUT2D eigenvalue weighted by molar-refractivity contribution is 0.191. The number of carbonyl (C=O) groups is 1. The maximum Gasteiger partial charge on any atom is 0.321 e. The van der Waals surface area contributed by atoms with Crippen LogP contribution in [0.25, 0.3) is 11.0 Å². The molecule has 3 heterocycles. The highest BCUT2D eigenvalue weighted by Gasteiger charge is 2.27. The second-order valence-corrected chi connectivity index (χ2v) is 6.50. The molecule has 1 aliphatic heterocycles. The smallest absolute Gasteiger partial charge is 0.321 e. The van der Waals surface area contributed by atoms with Crippen molar-refractivity contribution in [2.45, 2.75) is 25.7 Å². The highest BCUT2D eigenvalue weighted by molar-refractivity contribution is 7.00. The quantitative estimate of drug-likeness (QED) is 0.745. The van der Waals surface area contributed by atoms with Crippen LogP contribution in [0.1, 0.15) is 30.1 Å². The number of H-pyrrole nitrogens is 1. The molecular formula is C15H17N7OS. The summed E-state index contributed by atoms with van der Waals surface area (Å²) >= 11 is 1.15. The van der Waals surface area contributed by atoms with Crippen LogP contribution in [-0.4, -0.2) is 47.9 Å². The summed E-state index contributed by atoms with van der Waals surface area (Å²) in [5.74, 6) is 1.04. The lowest BCUT2D eigenvalue weighted by atomic mass is 9.98. The van der Waals surface area contributed by atoms with Crippen LogP contribution in [0.2, 0.25) is 0 Å². The maximum atomic E-state index is 12.7. The average molecular weight is 343 g/mol. The lowest BCUT2D eigenvalue weighted by Crippen LogP contribution is -2.42. The van der Waals surface area contributed by atoms with Crippen LogP contribution in [0, 0.1) is 6.92 Å². The molecule has 2 amide bonds. The number of rotatable bonds is 2. The van der Waals surface area contributed by atoms with Gasteiger partial charge in [0.1, 0.15) is 23.2 Å². The molecule has 9 heteroatoms. The zero-order valence-corrected chi connectivity index (χ0v) is 14.0. The SMILES string of the molecule is Cc1ccc2nsnc2c1NC(=O)N1CCC[C@H](c2ncn[nH]2)C1. The molecule has 2 aromatic heterocycles. The second-order valence-electron chi connectivity index (χ2n) is 5.98. The summed E-state index contributed by atoms with van der Waals surface area (Å²) in [6.07, 6.45) is 3.46. The first-order valence-electron chi connectivity index (χ1n) is 7.85. The maximum absolute atomic E-state index is 12.7. The van der Waals surface area contributed by atoms with E-state index in [0.717, 1.165) is 59.2 Å². The first-order chi connectivity index (χ1) is 11.7. The van der Waals surface area contributed by atoms with Crippen molar-refractivity contribution in [2.24, 2.45) is 0 Å². The Morgan fingerprint density at radius 2 is 2.33 bits per heavy atom. The van der Waals surface area contributed by atoms with Crippen molar-refractivity contribution >= 4 is 34.5 Å². The summed E-state index contributed by atoms with van der Waals surface area (Å²) in [5, 5.41) is 9.83. The van der Waals surface area contributed by atoms with Crippen molar-refractivity contribution in [1.29, 1.82) is 0 Å². The summed E-state index contributed by atoms with van der Waals surface area (Å²) in [7, 11) is 0. The lowest BCUT2D eigenvalue weighted by Gasteiger charge is -2.31. The molecule has 0 saturated carbocycles. The Balaban J connectivity index is 1.53. The number of hydrogen-bond acceptors (Lipinski definition) is 6. The van der Waals surface area contributed by atoms with E-state index in [1.54, 1.807) is 0 Å². The number of likely N-dealkylation sites (tertiary alicyclic amines) is 1. The molecule has 0 unspecified atom stereocenters. The molecule has 0 spiro atoms. The van der Waals surface area contributed by atoms with Crippen molar-refractivity contribution in [3.05, 3.63) is 29.8 Å². The molecule has 8 nitrogen and oxygen atoms in total. The Bertz CT molecular complexity index is 860. The number of anilines is 1. The van der Waals surface area contributed by atoms with Crippen molar-refractivity contribution in [2.75, 3.05) is 18.4 Å². The summed E-state index contributed by atoms with van der Waals surface area (Å²) in [6.45, 7) is 3.33. The molecule has 1 aliphatic rings. The van der Waals surface area contributed by atoms with Gasteiger partial charge in [0, 0.05) is 19.0 Å². The number of hydrogen-bond donors (Lipinski definition) is 2. The van der Waals surface area contributed by atoms with Crippen LogP contribution in [0.3, 0.4) is 0 Å². The molecule has 4 rings (SSSR count). The molecule has 1 saturated heterocycles. The minimum Gasteiger partial charge on any atom is -0.324 e. The first-order valence-corrected chi connectivity index (χ1v) is 8.58. The summed E-state index contributed by atoms with van der Waals surface area (Å²) in [4.78, 5) is 18.8. The molecule has 2 N–H and O–H groups in total. The number of amides is 2. The Morgan fingerprint density at radius 3 is 3.17 bits per heavy atom. The van der Waals surface area contributed by atoms with Gasteiger partial charge in [-0.05, 0) is 31.4 Å². The van der Waals surface area contributed by atoms with Gasteiger partial charge in [0.25, 0.3) is 0 Å². The van der Waals surface area contributed by atoms with E-state index < -0.39 is 0 Å². The third kappa shape index (κ3) is 2.71. The molecule has 124 valence electrons. The number of nitrogens with zero attached hydrogens (tertiary/aromatic N) is 5. The monoisotopic (exact) mass is 343 g/mol. The van der Waals surface area contributed by atoms with E-state index in [4.69, 9.17) is 0 Å². The van der Waals surface area contributed by atoms with Crippen molar-refractivity contribution < 1.29 is 4.79 Å². The standard InChI is InChI=1S/C15H17N7OS/c1-9-4-5-11-13(21-24-20-11)12(9)18-15(23)22-6-2-3-10(7-22)14-16-8-17-19-14/h4-5,8,10H,2-3,6-7H2,1H3,(H,18,23)(H,16,17,19)/t10-/m0/s1. The Kier molecular flexibility index (Phi) is 3.85. The molecule has 0 aliphatic carbocycles. The van der Waals surface area contributed by atoms with Gasteiger partial charge in [0.15, 0.2) is 0 Å². The van der Waals surface area contributed by atoms with Gasteiger partial charge in [-0.25, -0.2) is 9.78 Å². The van der Waals surface area contributed by atoms with E-state index in [-0.39, 0.29) is 11.9 Å². The molecule has 1 fully saturated rings. The number of aromatic amines is 1. The summed E-state index contributed by atoms with van der Waals surface area (Å²) < 4.78 is 8.54. The van der Waals surface area contributed by atoms with Crippen LogP contribution in [-0.2, 0) is 0 Å². The average Bonchev–Trinajstić information content (AvgIpc) is 3.28. The number of piperidine rings is 1. The van der Waals surface area contributed by atoms with E-state index in [1.807, 2.05) is 24.0 Å². The largest absolute Gasteiger partial charge is 0.324 e. The van der Waals surface area contributed by atoms with E-state index >= 15 is 0 Å². The zero-order valence-electron chi connectivity index (χ0n) is 13.2. The number of aryl methyl sites for hydroxylation is 1. The number of aromatic nitrogens is 5. The first kappa shape index (κ1) is 15.0. The molecule has 24 heavy (non-hydrogen) atoms. The topological polar surface area (TPSA) is 99.7 Å². The fourth-order valence-corrected chi connectivity index (χ4v) is 3.64. The predicted molar refractivity (Wildman–Crippen MR) is 91.1 cm³/mol. The Morgan fingerprint density at radius 1 is 1.42 bits per heavy atom. The van der Waals surface area contributed by atoms with Gasteiger partial charge in [-0.1, -0.05) is 6.07 Å². The van der Waals surface area contributed by atoms with Crippen molar-refractivity contribution in [3.63, 3.8) is 0 Å². The van der Waals surface area contributed by atoms with Gasteiger partial charge in [-0.2, -0.15) is 13.8 Å². The van der Waals surface area contributed by atoms with Crippen LogP contribution < -0.4 is 5.32 Å².